The van der Waals surface area contributed by atoms with Crippen molar-refractivity contribution in [2.45, 2.75) is 32.9 Å². The van der Waals surface area contributed by atoms with Crippen molar-refractivity contribution >= 4 is 5.97 Å². The van der Waals surface area contributed by atoms with E-state index in [1.807, 2.05) is 0 Å². The van der Waals surface area contributed by atoms with E-state index in [0.29, 0.717) is 5.56 Å². The van der Waals surface area contributed by atoms with Gasteiger partial charge in [-0.25, -0.2) is 0 Å². The van der Waals surface area contributed by atoms with Gasteiger partial charge in [0, 0.05) is 6.42 Å². The SMILES string of the molecule is CCOC(=O)CCc1ccc(C)cc1C(F)(F)F. The summed E-state index contributed by atoms with van der Waals surface area (Å²) in [5.41, 5.74) is -0.00448. The van der Waals surface area contributed by atoms with Crippen LogP contribution in [0.5, 0.6) is 0 Å². The molecule has 0 unspecified atom stereocenters. The van der Waals surface area contributed by atoms with Crippen LogP contribution in [-0.4, -0.2) is 12.6 Å². The summed E-state index contributed by atoms with van der Waals surface area (Å²) in [6.45, 7) is 3.49. The lowest BCUT2D eigenvalue weighted by Crippen LogP contribution is -2.12. The van der Waals surface area contributed by atoms with Crippen LogP contribution in [0.1, 0.15) is 30.0 Å². The average Bonchev–Trinajstić information content (AvgIpc) is 2.26. The molecule has 0 aliphatic carbocycles. The van der Waals surface area contributed by atoms with Crippen molar-refractivity contribution in [2.75, 3.05) is 6.61 Å². The van der Waals surface area contributed by atoms with E-state index in [1.165, 1.54) is 6.07 Å². The van der Waals surface area contributed by atoms with Crippen molar-refractivity contribution in [3.8, 4) is 0 Å². The fourth-order valence-electron chi connectivity index (χ4n) is 1.64. The van der Waals surface area contributed by atoms with Crippen LogP contribution in [-0.2, 0) is 22.1 Å². The summed E-state index contributed by atoms with van der Waals surface area (Å²) in [4.78, 5) is 11.1. The summed E-state index contributed by atoms with van der Waals surface area (Å²) in [6, 6.07) is 4.12. The van der Waals surface area contributed by atoms with Gasteiger partial charge in [0.05, 0.1) is 12.2 Å². The molecule has 2 nitrogen and oxygen atoms in total. The minimum absolute atomic E-state index is 0.0357. The van der Waals surface area contributed by atoms with Crippen LogP contribution in [0.25, 0.3) is 0 Å². The van der Waals surface area contributed by atoms with E-state index < -0.39 is 17.7 Å². The molecule has 0 fully saturated rings. The first-order valence-electron chi connectivity index (χ1n) is 5.67. The minimum atomic E-state index is -4.39. The van der Waals surface area contributed by atoms with Crippen LogP contribution in [0.2, 0.25) is 0 Å². The van der Waals surface area contributed by atoms with Crippen LogP contribution in [0.3, 0.4) is 0 Å². The smallest absolute Gasteiger partial charge is 0.416 e. The van der Waals surface area contributed by atoms with Crippen LogP contribution in [0, 0.1) is 6.92 Å². The summed E-state index contributed by atoms with van der Waals surface area (Å²) in [6.07, 6.45) is -4.40. The lowest BCUT2D eigenvalue weighted by molar-refractivity contribution is -0.144. The molecule has 0 spiro atoms. The Morgan fingerprint density at radius 1 is 1.33 bits per heavy atom. The van der Waals surface area contributed by atoms with E-state index in [0.717, 1.165) is 6.07 Å². The van der Waals surface area contributed by atoms with Crippen LogP contribution >= 0.6 is 0 Å². The predicted molar refractivity (Wildman–Crippen MR) is 61.1 cm³/mol. The highest BCUT2D eigenvalue weighted by molar-refractivity contribution is 5.69. The number of halogens is 3. The average molecular weight is 260 g/mol. The maximum absolute atomic E-state index is 12.8. The molecule has 1 aromatic carbocycles. The number of esters is 1. The number of hydrogen-bond acceptors (Lipinski definition) is 2. The zero-order valence-electron chi connectivity index (χ0n) is 10.3. The van der Waals surface area contributed by atoms with Crippen molar-refractivity contribution in [3.05, 3.63) is 34.9 Å². The Morgan fingerprint density at radius 2 is 2.00 bits per heavy atom. The number of rotatable bonds is 4. The molecule has 1 aromatic rings. The molecular formula is C13H15F3O2. The maximum atomic E-state index is 12.8. The first-order chi connectivity index (χ1) is 8.34. The van der Waals surface area contributed by atoms with E-state index in [1.54, 1.807) is 19.9 Å². The Labute approximate surface area is 104 Å². The van der Waals surface area contributed by atoms with Gasteiger partial charge < -0.3 is 4.74 Å². The van der Waals surface area contributed by atoms with Gasteiger partial charge in [-0.1, -0.05) is 17.7 Å². The molecule has 0 heterocycles. The Balaban J connectivity index is 2.85. The molecular weight excluding hydrogens is 245 g/mol. The normalized spacial score (nSPS) is 11.4. The summed E-state index contributed by atoms with van der Waals surface area (Å²) in [5, 5.41) is 0. The molecule has 18 heavy (non-hydrogen) atoms. The molecule has 0 saturated heterocycles. The number of hydrogen-bond donors (Lipinski definition) is 0. The highest BCUT2D eigenvalue weighted by Gasteiger charge is 2.33. The lowest BCUT2D eigenvalue weighted by Gasteiger charge is -2.13. The second-order valence-corrected chi connectivity index (χ2v) is 3.96. The Hall–Kier alpha value is -1.52. The highest BCUT2D eigenvalue weighted by atomic mass is 19.4. The number of carbonyl (C=O) groups is 1. The lowest BCUT2D eigenvalue weighted by atomic mass is 10.00. The zero-order chi connectivity index (χ0) is 13.8. The van der Waals surface area contributed by atoms with Gasteiger partial charge in [-0.2, -0.15) is 13.2 Å². The molecule has 0 saturated carbocycles. The third-order valence-corrected chi connectivity index (χ3v) is 2.47. The predicted octanol–water partition coefficient (Wildman–Crippen LogP) is 3.51. The van der Waals surface area contributed by atoms with Gasteiger partial charge in [0.15, 0.2) is 0 Å². The molecule has 0 amide bonds. The largest absolute Gasteiger partial charge is 0.466 e. The van der Waals surface area contributed by atoms with Gasteiger partial charge in [0.1, 0.15) is 0 Å². The molecule has 5 heteroatoms. The van der Waals surface area contributed by atoms with Crippen molar-refractivity contribution in [1.29, 1.82) is 0 Å². The van der Waals surface area contributed by atoms with Gasteiger partial charge >= 0.3 is 12.1 Å². The van der Waals surface area contributed by atoms with Crippen LogP contribution in [0.15, 0.2) is 18.2 Å². The van der Waals surface area contributed by atoms with Crippen molar-refractivity contribution in [2.24, 2.45) is 0 Å². The standard InChI is InChI=1S/C13H15F3O2/c1-3-18-12(17)7-6-10-5-4-9(2)8-11(10)13(14,15)16/h4-5,8H,3,6-7H2,1-2H3. The number of ether oxygens (including phenoxy) is 1. The fraction of sp³-hybridized carbons (Fsp3) is 0.462. The third kappa shape index (κ3) is 4.05. The summed E-state index contributed by atoms with van der Waals surface area (Å²) < 4.78 is 43.0. The van der Waals surface area contributed by atoms with E-state index in [4.69, 9.17) is 4.74 Å². The first kappa shape index (κ1) is 14.5. The molecule has 0 radical (unpaired) electrons. The quantitative estimate of drug-likeness (QED) is 0.774. The number of aryl methyl sites for hydroxylation is 2. The molecule has 0 N–H and O–H groups in total. The van der Waals surface area contributed by atoms with Crippen molar-refractivity contribution < 1.29 is 22.7 Å². The van der Waals surface area contributed by atoms with Crippen LogP contribution < -0.4 is 0 Å². The first-order valence-corrected chi connectivity index (χ1v) is 5.67. The van der Waals surface area contributed by atoms with Gasteiger partial charge in [-0.15, -0.1) is 0 Å². The van der Waals surface area contributed by atoms with Gasteiger partial charge in [-0.05, 0) is 31.9 Å². The summed E-state index contributed by atoms with van der Waals surface area (Å²) >= 11 is 0. The second kappa shape index (κ2) is 5.89. The van der Waals surface area contributed by atoms with Crippen molar-refractivity contribution in [1.82, 2.24) is 0 Å². The maximum Gasteiger partial charge on any atom is 0.416 e. The second-order valence-electron chi connectivity index (χ2n) is 3.96. The van der Waals surface area contributed by atoms with E-state index in [-0.39, 0.29) is 25.0 Å². The number of carbonyl (C=O) groups excluding carboxylic acids is 1. The topological polar surface area (TPSA) is 26.3 Å². The minimum Gasteiger partial charge on any atom is -0.466 e. The van der Waals surface area contributed by atoms with Crippen LogP contribution in [0.4, 0.5) is 13.2 Å². The summed E-state index contributed by atoms with van der Waals surface area (Å²) in [5.74, 6) is -0.480. The molecule has 1 rings (SSSR count). The van der Waals surface area contributed by atoms with E-state index in [2.05, 4.69) is 0 Å². The van der Waals surface area contributed by atoms with Gasteiger partial charge in [-0.3, -0.25) is 4.79 Å². The Kier molecular flexibility index (Phi) is 4.76. The van der Waals surface area contributed by atoms with Gasteiger partial charge in [0.2, 0.25) is 0 Å². The highest BCUT2D eigenvalue weighted by Crippen LogP contribution is 2.33. The van der Waals surface area contributed by atoms with E-state index in [9.17, 15) is 18.0 Å². The number of alkyl halides is 3. The molecule has 100 valence electrons. The van der Waals surface area contributed by atoms with Crippen molar-refractivity contribution in [3.63, 3.8) is 0 Å². The monoisotopic (exact) mass is 260 g/mol. The van der Waals surface area contributed by atoms with Gasteiger partial charge in [0.25, 0.3) is 0 Å². The summed E-state index contributed by atoms with van der Waals surface area (Å²) in [7, 11) is 0. The molecule has 0 aromatic heterocycles. The third-order valence-electron chi connectivity index (χ3n) is 2.47. The number of benzene rings is 1. The molecule has 0 aliphatic rings. The zero-order valence-corrected chi connectivity index (χ0v) is 10.3. The molecule has 0 aliphatic heterocycles. The molecule has 0 bridgehead atoms. The molecule has 0 atom stereocenters. The fourth-order valence-corrected chi connectivity index (χ4v) is 1.64. The Bertz CT molecular complexity index is 425. The van der Waals surface area contributed by atoms with E-state index >= 15 is 0 Å². The Morgan fingerprint density at radius 3 is 2.56 bits per heavy atom.